The molecule has 2 aromatic rings. The molecule has 1 unspecified atom stereocenters. The second kappa shape index (κ2) is 11.5. The third-order valence-electron chi connectivity index (χ3n) is 6.80. The van der Waals surface area contributed by atoms with Gasteiger partial charge in [-0.2, -0.15) is 0 Å². The van der Waals surface area contributed by atoms with E-state index in [1.54, 1.807) is 0 Å². The number of nitrogens with zero attached hydrogens (tertiary/aromatic N) is 4. The highest BCUT2D eigenvalue weighted by atomic mass is 16.5. The maximum absolute atomic E-state index is 10.0. The van der Waals surface area contributed by atoms with Gasteiger partial charge in [-0.1, -0.05) is 12.1 Å². The molecule has 9 nitrogen and oxygen atoms in total. The number of ether oxygens (including phenoxy) is 3. The van der Waals surface area contributed by atoms with E-state index in [4.69, 9.17) is 24.2 Å². The van der Waals surface area contributed by atoms with Gasteiger partial charge in [0.05, 0.1) is 13.2 Å². The number of hydrogen-bond donors (Lipinski definition) is 2. The Morgan fingerprint density at radius 1 is 1.06 bits per heavy atom. The molecule has 2 N–H and O–H groups in total. The van der Waals surface area contributed by atoms with Crippen LogP contribution in [0.1, 0.15) is 25.7 Å². The first-order valence-electron chi connectivity index (χ1n) is 12.8. The fraction of sp³-hybridized carbons (Fsp3) is 0.615. The van der Waals surface area contributed by atoms with Crippen LogP contribution in [-0.2, 0) is 9.47 Å². The van der Waals surface area contributed by atoms with Gasteiger partial charge < -0.3 is 34.4 Å². The number of aliphatic hydroxyl groups is 1. The Morgan fingerprint density at radius 2 is 1.80 bits per heavy atom. The molecule has 3 heterocycles. The second-order valence-electron chi connectivity index (χ2n) is 9.54. The number of aromatic nitrogens is 2. The lowest BCUT2D eigenvalue weighted by Gasteiger charge is -2.36. The van der Waals surface area contributed by atoms with Crippen LogP contribution < -0.4 is 19.9 Å². The highest BCUT2D eigenvalue weighted by Gasteiger charge is 2.36. The topological polar surface area (TPSA) is 92.2 Å². The first-order valence-corrected chi connectivity index (χ1v) is 12.8. The summed E-state index contributed by atoms with van der Waals surface area (Å²) in [6.45, 7) is 5.38. The molecule has 0 bridgehead atoms. The van der Waals surface area contributed by atoms with E-state index in [0.29, 0.717) is 43.4 Å². The van der Waals surface area contributed by atoms with Gasteiger partial charge in [0.1, 0.15) is 30.1 Å². The maximum atomic E-state index is 10.0. The number of likely N-dealkylation sites (N-methyl/N-ethyl adjacent to an activating group) is 1. The van der Waals surface area contributed by atoms with Gasteiger partial charge in [-0.15, -0.1) is 0 Å². The van der Waals surface area contributed by atoms with E-state index in [9.17, 15) is 5.11 Å². The van der Waals surface area contributed by atoms with Crippen LogP contribution in [0, 0.1) is 0 Å². The molecular formula is C26H37N5O4. The minimum Gasteiger partial charge on any atom is -0.491 e. The lowest BCUT2D eigenvalue weighted by Crippen LogP contribution is -2.42. The van der Waals surface area contributed by atoms with Crippen molar-refractivity contribution in [2.24, 2.45) is 0 Å². The molecule has 0 spiro atoms. The average molecular weight is 484 g/mol. The highest BCUT2D eigenvalue weighted by Crippen LogP contribution is 2.37. The van der Waals surface area contributed by atoms with Gasteiger partial charge in [0.25, 0.3) is 0 Å². The molecule has 1 saturated carbocycles. The van der Waals surface area contributed by atoms with Gasteiger partial charge >= 0.3 is 0 Å². The molecule has 3 fully saturated rings. The Morgan fingerprint density at radius 3 is 2.54 bits per heavy atom. The summed E-state index contributed by atoms with van der Waals surface area (Å²) in [5.41, 5.74) is 0.907. The van der Waals surface area contributed by atoms with Crippen LogP contribution in [-0.4, -0.2) is 93.0 Å². The van der Waals surface area contributed by atoms with E-state index in [1.807, 2.05) is 31.3 Å². The van der Waals surface area contributed by atoms with Crippen LogP contribution in [0.2, 0.25) is 0 Å². The van der Waals surface area contributed by atoms with Gasteiger partial charge in [-0.25, -0.2) is 9.97 Å². The van der Waals surface area contributed by atoms with Gasteiger partial charge in [-0.3, -0.25) is 0 Å². The van der Waals surface area contributed by atoms with Crippen molar-refractivity contribution < 1.29 is 19.3 Å². The maximum Gasteiger partial charge on any atom is 0.163 e. The van der Waals surface area contributed by atoms with Crippen molar-refractivity contribution in [3.8, 4) is 17.1 Å². The predicted octanol–water partition coefficient (Wildman–Crippen LogP) is 2.09. The fourth-order valence-corrected chi connectivity index (χ4v) is 4.84. The minimum absolute atomic E-state index is 0.226. The van der Waals surface area contributed by atoms with Gasteiger partial charge in [0.15, 0.2) is 5.82 Å². The Kier molecular flexibility index (Phi) is 7.98. The van der Waals surface area contributed by atoms with Crippen LogP contribution in [0.5, 0.6) is 5.75 Å². The molecule has 0 amide bonds. The van der Waals surface area contributed by atoms with E-state index in [2.05, 4.69) is 21.2 Å². The summed E-state index contributed by atoms with van der Waals surface area (Å²) in [6.07, 6.45) is 3.91. The van der Waals surface area contributed by atoms with Crippen LogP contribution >= 0.6 is 0 Å². The van der Waals surface area contributed by atoms with Crippen molar-refractivity contribution in [1.82, 2.24) is 15.3 Å². The average Bonchev–Trinajstić information content (AvgIpc) is 3.74. The van der Waals surface area contributed by atoms with Crippen molar-refractivity contribution in [3.05, 3.63) is 30.3 Å². The van der Waals surface area contributed by atoms with E-state index in [0.717, 1.165) is 56.3 Å². The molecule has 2 saturated heterocycles. The van der Waals surface area contributed by atoms with Gasteiger partial charge in [-0.05, 0) is 44.9 Å². The molecule has 0 radical (unpaired) electrons. The number of aliphatic hydroxyl groups excluding tert-OH is 1. The van der Waals surface area contributed by atoms with E-state index in [-0.39, 0.29) is 6.61 Å². The lowest BCUT2D eigenvalue weighted by atomic mass is 10.1. The number of anilines is 2. The zero-order valence-corrected chi connectivity index (χ0v) is 20.6. The lowest BCUT2D eigenvalue weighted by molar-refractivity contribution is 0.0839. The summed E-state index contributed by atoms with van der Waals surface area (Å²) >= 11 is 0. The second-order valence-corrected chi connectivity index (χ2v) is 9.54. The minimum atomic E-state index is -0.567. The number of morpholine rings is 1. The molecule has 9 heteroatoms. The molecule has 190 valence electrons. The van der Waals surface area contributed by atoms with E-state index < -0.39 is 6.10 Å². The molecule has 1 aromatic heterocycles. The van der Waals surface area contributed by atoms with Crippen molar-refractivity contribution >= 4 is 11.6 Å². The molecule has 1 aromatic carbocycles. The van der Waals surface area contributed by atoms with Crippen LogP contribution in [0.15, 0.2) is 30.3 Å². The number of rotatable bonds is 10. The molecule has 1 aliphatic carbocycles. The van der Waals surface area contributed by atoms with Gasteiger partial charge in [0.2, 0.25) is 0 Å². The van der Waals surface area contributed by atoms with Crippen molar-refractivity contribution in [2.45, 2.75) is 43.9 Å². The Balaban J connectivity index is 1.46. The first-order chi connectivity index (χ1) is 17.2. The number of hydrogen-bond acceptors (Lipinski definition) is 9. The van der Waals surface area contributed by atoms with Crippen molar-refractivity contribution in [2.75, 3.05) is 69.5 Å². The molecular weight excluding hydrogens is 446 g/mol. The fourth-order valence-electron chi connectivity index (χ4n) is 4.84. The molecule has 35 heavy (non-hydrogen) atoms. The Hall–Kier alpha value is -2.46. The summed E-state index contributed by atoms with van der Waals surface area (Å²) < 4.78 is 17.1. The summed E-state index contributed by atoms with van der Waals surface area (Å²) in [7, 11) is 1.81. The third kappa shape index (κ3) is 6.22. The van der Waals surface area contributed by atoms with Crippen molar-refractivity contribution in [3.63, 3.8) is 0 Å². The normalized spacial score (nSPS) is 20.0. The standard InChI is InChI=1S/C26H37N5O4/c1-27-17-22(32)18-35-23-4-2-3-19(15-23)26-28-24(30-9-13-34-14-10-30)16-25(29-26)31(20-5-6-20)21-7-11-33-12-8-21/h2-4,15-16,20-22,27,32H,5-14,17-18H2,1H3. The highest BCUT2D eigenvalue weighted by molar-refractivity contribution is 5.64. The molecule has 1 atom stereocenters. The molecule has 5 rings (SSSR count). The van der Waals surface area contributed by atoms with E-state index in [1.165, 1.54) is 12.8 Å². The SMILES string of the molecule is CNCC(O)COc1cccc(-c2nc(N3CCOCC3)cc(N(C3CCOCC3)C3CC3)n2)c1. The summed E-state index contributed by atoms with van der Waals surface area (Å²) in [6, 6.07) is 11.0. The largest absolute Gasteiger partial charge is 0.491 e. The van der Waals surface area contributed by atoms with Crippen molar-refractivity contribution in [1.29, 1.82) is 0 Å². The zero-order chi connectivity index (χ0) is 24.0. The van der Waals surface area contributed by atoms with Crippen LogP contribution in [0.4, 0.5) is 11.6 Å². The Bertz CT molecular complexity index is 961. The summed E-state index contributed by atoms with van der Waals surface area (Å²) in [4.78, 5) is 14.9. The summed E-state index contributed by atoms with van der Waals surface area (Å²) in [5, 5.41) is 13.0. The van der Waals surface area contributed by atoms with Gasteiger partial charge in [0, 0.05) is 56.6 Å². The monoisotopic (exact) mass is 483 g/mol. The summed E-state index contributed by atoms with van der Waals surface area (Å²) in [5.74, 6) is 3.34. The van der Waals surface area contributed by atoms with Crippen LogP contribution in [0.25, 0.3) is 11.4 Å². The zero-order valence-electron chi connectivity index (χ0n) is 20.6. The first kappa shape index (κ1) is 24.2. The smallest absolute Gasteiger partial charge is 0.163 e. The number of nitrogens with one attached hydrogen (secondary N) is 1. The predicted molar refractivity (Wildman–Crippen MR) is 135 cm³/mol. The number of benzene rings is 1. The quantitative estimate of drug-likeness (QED) is 0.527. The Labute approximate surface area is 207 Å². The molecule has 3 aliphatic rings. The third-order valence-corrected chi connectivity index (χ3v) is 6.80. The molecule has 2 aliphatic heterocycles. The van der Waals surface area contributed by atoms with Crippen LogP contribution in [0.3, 0.4) is 0 Å². The van der Waals surface area contributed by atoms with E-state index >= 15 is 0 Å².